The van der Waals surface area contributed by atoms with Gasteiger partial charge in [-0.25, -0.2) is 9.97 Å². The number of hydrogen-bond donors (Lipinski definition) is 0. The first-order valence-corrected chi connectivity index (χ1v) is 9.12. The number of anilines is 1. The molecular formula is C18H21ClN4O2. The molecule has 0 unspecified atom stereocenters. The summed E-state index contributed by atoms with van der Waals surface area (Å²) in [5, 5.41) is 1.68. The van der Waals surface area contributed by atoms with Crippen LogP contribution in [0.2, 0.25) is 5.02 Å². The molecule has 132 valence electrons. The van der Waals surface area contributed by atoms with E-state index in [1.807, 2.05) is 23.1 Å². The molecule has 6 nitrogen and oxygen atoms in total. The van der Waals surface area contributed by atoms with E-state index in [4.69, 9.17) is 16.3 Å². The average Bonchev–Trinajstić information content (AvgIpc) is 2.67. The Kier molecular flexibility index (Phi) is 4.72. The zero-order valence-electron chi connectivity index (χ0n) is 14.0. The Morgan fingerprint density at radius 3 is 2.64 bits per heavy atom. The van der Waals surface area contributed by atoms with E-state index in [0.29, 0.717) is 18.2 Å². The normalized spacial score (nSPS) is 19.4. The van der Waals surface area contributed by atoms with Crippen LogP contribution in [0.15, 0.2) is 24.5 Å². The van der Waals surface area contributed by atoms with Gasteiger partial charge >= 0.3 is 0 Å². The third-order valence-corrected chi connectivity index (χ3v) is 5.28. The number of rotatable bonds is 2. The first kappa shape index (κ1) is 16.5. The van der Waals surface area contributed by atoms with Crippen molar-refractivity contribution in [3.63, 3.8) is 0 Å². The highest BCUT2D eigenvalue weighted by atomic mass is 35.5. The van der Waals surface area contributed by atoms with E-state index in [1.54, 1.807) is 6.33 Å². The molecule has 0 N–H and O–H groups in total. The number of fused-ring (bicyclic) bond motifs is 1. The number of hydrogen-bond acceptors (Lipinski definition) is 5. The molecule has 4 rings (SSSR count). The molecule has 3 heterocycles. The highest BCUT2D eigenvalue weighted by molar-refractivity contribution is 6.31. The number of ether oxygens (including phenoxy) is 1. The molecule has 2 aliphatic rings. The van der Waals surface area contributed by atoms with Crippen molar-refractivity contribution < 1.29 is 9.53 Å². The lowest BCUT2D eigenvalue weighted by Crippen LogP contribution is -2.47. The van der Waals surface area contributed by atoms with Crippen LogP contribution in [-0.2, 0) is 9.53 Å². The van der Waals surface area contributed by atoms with Gasteiger partial charge in [-0.3, -0.25) is 4.79 Å². The van der Waals surface area contributed by atoms with Crippen LogP contribution < -0.4 is 4.90 Å². The number of carbonyl (C=O) groups excluding carboxylic acids is 1. The number of nitrogens with zero attached hydrogens (tertiary/aromatic N) is 4. The van der Waals surface area contributed by atoms with E-state index in [-0.39, 0.29) is 11.8 Å². The number of morpholine rings is 1. The summed E-state index contributed by atoms with van der Waals surface area (Å²) in [7, 11) is 0. The Bertz CT molecular complexity index is 771. The fraction of sp³-hybridized carbons (Fsp3) is 0.500. The van der Waals surface area contributed by atoms with Crippen LogP contribution in [0.25, 0.3) is 10.9 Å². The fourth-order valence-corrected chi connectivity index (χ4v) is 3.81. The summed E-state index contributed by atoms with van der Waals surface area (Å²) in [4.78, 5) is 25.6. The quantitative estimate of drug-likeness (QED) is 0.822. The molecule has 2 saturated heterocycles. The molecule has 2 fully saturated rings. The van der Waals surface area contributed by atoms with Crippen molar-refractivity contribution in [2.45, 2.75) is 12.8 Å². The van der Waals surface area contributed by atoms with E-state index < -0.39 is 0 Å². The van der Waals surface area contributed by atoms with Crippen LogP contribution in [0.3, 0.4) is 0 Å². The minimum atomic E-state index is 0.108. The Morgan fingerprint density at radius 1 is 1.12 bits per heavy atom. The van der Waals surface area contributed by atoms with Gasteiger partial charge in [0, 0.05) is 42.5 Å². The van der Waals surface area contributed by atoms with Gasteiger partial charge in [-0.05, 0) is 31.0 Å². The monoisotopic (exact) mass is 360 g/mol. The molecule has 0 bridgehead atoms. The van der Waals surface area contributed by atoms with Crippen LogP contribution in [0.4, 0.5) is 5.82 Å². The van der Waals surface area contributed by atoms with E-state index in [0.717, 1.165) is 55.7 Å². The molecule has 7 heteroatoms. The summed E-state index contributed by atoms with van der Waals surface area (Å²) >= 11 is 6.06. The topological polar surface area (TPSA) is 58.6 Å². The third kappa shape index (κ3) is 3.41. The number of carbonyl (C=O) groups is 1. The number of halogens is 1. The summed E-state index contributed by atoms with van der Waals surface area (Å²) < 4.78 is 5.34. The maximum atomic E-state index is 12.7. The number of aromatic nitrogens is 2. The maximum absolute atomic E-state index is 12.7. The van der Waals surface area contributed by atoms with E-state index >= 15 is 0 Å². The van der Waals surface area contributed by atoms with Gasteiger partial charge in [0.25, 0.3) is 0 Å². The summed E-state index contributed by atoms with van der Waals surface area (Å²) in [6.45, 7) is 4.40. The highest BCUT2D eigenvalue weighted by Crippen LogP contribution is 2.29. The second-order valence-electron chi connectivity index (χ2n) is 6.56. The van der Waals surface area contributed by atoms with Gasteiger partial charge < -0.3 is 14.5 Å². The average molecular weight is 361 g/mol. The molecule has 0 aliphatic carbocycles. The summed E-state index contributed by atoms with van der Waals surface area (Å²) in [5.74, 6) is 1.32. The molecular weight excluding hydrogens is 340 g/mol. The number of benzene rings is 1. The van der Waals surface area contributed by atoms with Crippen molar-refractivity contribution in [3.8, 4) is 0 Å². The first-order valence-electron chi connectivity index (χ1n) is 8.74. The molecule has 25 heavy (non-hydrogen) atoms. The lowest BCUT2D eigenvalue weighted by atomic mass is 9.95. The fourth-order valence-electron chi connectivity index (χ4n) is 3.65. The zero-order valence-corrected chi connectivity index (χ0v) is 14.8. The molecule has 1 amide bonds. The molecule has 0 radical (unpaired) electrons. The Morgan fingerprint density at radius 2 is 1.88 bits per heavy atom. The summed E-state index contributed by atoms with van der Waals surface area (Å²) in [6.07, 6.45) is 3.30. The van der Waals surface area contributed by atoms with E-state index in [9.17, 15) is 4.79 Å². The van der Waals surface area contributed by atoms with Crippen LogP contribution in [0.1, 0.15) is 12.8 Å². The van der Waals surface area contributed by atoms with Crippen LogP contribution in [0.5, 0.6) is 0 Å². The van der Waals surface area contributed by atoms with Gasteiger partial charge in [-0.2, -0.15) is 0 Å². The van der Waals surface area contributed by atoms with Gasteiger partial charge in [-0.15, -0.1) is 0 Å². The zero-order chi connectivity index (χ0) is 17.2. The lowest BCUT2D eigenvalue weighted by Gasteiger charge is -2.36. The van der Waals surface area contributed by atoms with Gasteiger partial charge in [0.15, 0.2) is 0 Å². The predicted molar refractivity (Wildman–Crippen MR) is 96.9 cm³/mol. The minimum Gasteiger partial charge on any atom is -0.378 e. The van der Waals surface area contributed by atoms with Gasteiger partial charge in [-0.1, -0.05) is 11.6 Å². The van der Waals surface area contributed by atoms with E-state index in [1.165, 1.54) is 0 Å². The van der Waals surface area contributed by atoms with Crippen molar-refractivity contribution in [2.75, 3.05) is 44.3 Å². The number of piperidine rings is 1. The number of amides is 1. The Labute approximate surface area is 151 Å². The van der Waals surface area contributed by atoms with Gasteiger partial charge in [0.2, 0.25) is 5.91 Å². The molecule has 0 atom stereocenters. The second kappa shape index (κ2) is 7.14. The predicted octanol–water partition coefficient (Wildman–Crippen LogP) is 2.36. The molecule has 1 aromatic heterocycles. The Balaban J connectivity index is 1.46. The molecule has 2 aromatic rings. The van der Waals surface area contributed by atoms with Crippen LogP contribution in [0, 0.1) is 5.92 Å². The third-order valence-electron chi connectivity index (χ3n) is 5.04. The first-order chi connectivity index (χ1) is 12.2. The van der Waals surface area contributed by atoms with Crippen molar-refractivity contribution in [1.82, 2.24) is 14.9 Å². The maximum Gasteiger partial charge on any atom is 0.225 e. The summed E-state index contributed by atoms with van der Waals surface area (Å²) in [6, 6.07) is 5.69. The van der Waals surface area contributed by atoms with Crippen LogP contribution >= 0.6 is 11.6 Å². The van der Waals surface area contributed by atoms with Crippen LogP contribution in [-0.4, -0.2) is 60.2 Å². The smallest absolute Gasteiger partial charge is 0.225 e. The van der Waals surface area contributed by atoms with E-state index in [2.05, 4.69) is 14.9 Å². The Hall–Kier alpha value is -1.92. The molecule has 0 saturated carbocycles. The largest absolute Gasteiger partial charge is 0.378 e. The lowest BCUT2D eigenvalue weighted by molar-refractivity contribution is -0.140. The van der Waals surface area contributed by atoms with Crippen molar-refractivity contribution in [3.05, 3.63) is 29.5 Å². The molecule has 1 aromatic carbocycles. The van der Waals surface area contributed by atoms with Gasteiger partial charge in [0.05, 0.1) is 18.7 Å². The molecule has 0 spiro atoms. The second-order valence-corrected chi connectivity index (χ2v) is 6.99. The highest BCUT2D eigenvalue weighted by Gasteiger charge is 2.30. The minimum absolute atomic E-state index is 0.108. The van der Waals surface area contributed by atoms with Crippen molar-refractivity contribution in [2.24, 2.45) is 5.92 Å². The summed E-state index contributed by atoms with van der Waals surface area (Å²) in [5.41, 5.74) is 0.851. The van der Waals surface area contributed by atoms with Crippen molar-refractivity contribution >= 4 is 34.2 Å². The van der Waals surface area contributed by atoms with Gasteiger partial charge in [0.1, 0.15) is 12.1 Å². The van der Waals surface area contributed by atoms with Crippen molar-refractivity contribution in [1.29, 1.82) is 0 Å². The standard InChI is InChI=1S/C18H21ClN4O2/c19-14-1-2-15-16(11-14)20-12-21-17(15)22-5-3-13(4-6-22)18(24)23-7-9-25-10-8-23/h1-2,11-13H,3-10H2. The molecule has 2 aliphatic heterocycles. The SMILES string of the molecule is O=C(C1CCN(c2ncnc3cc(Cl)ccc23)CC1)N1CCOCC1.